The van der Waals surface area contributed by atoms with Crippen molar-refractivity contribution in [2.24, 2.45) is 0 Å². The fourth-order valence-corrected chi connectivity index (χ4v) is 4.64. The number of sulfonamides is 1. The Morgan fingerprint density at radius 2 is 1.75 bits per heavy atom. The van der Waals surface area contributed by atoms with Crippen LogP contribution < -0.4 is 4.74 Å². The number of nitrogens with zero attached hydrogens (tertiary/aromatic N) is 2. The topological polar surface area (TPSA) is 66.9 Å². The molecule has 3 rings (SSSR count). The molecule has 1 atom stereocenters. The first kappa shape index (κ1) is 20.6. The molecule has 1 unspecified atom stereocenters. The molecule has 0 saturated carbocycles. The molecule has 2 aromatic carbocycles. The Morgan fingerprint density at radius 1 is 1.11 bits per heavy atom. The van der Waals surface area contributed by atoms with Crippen molar-refractivity contribution in [2.45, 2.75) is 17.9 Å². The van der Waals surface area contributed by atoms with Crippen molar-refractivity contribution in [3.05, 3.63) is 59.4 Å². The van der Waals surface area contributed by atoms with Gasteiger partial charge in [-0.05, 0) is 37.3 Å². The molecule has 6 nitrogen and oxygen atoms in total. The number of hydrogen-bond donors (Lipinski definition) is 0. The average molecular weight is 427 g/mol. The van der Waals surface area contributed by atoms with Crippen molar-refractivity contribution in [2.75, 3.05) is 26.2 Å². The summed E-state index contributed by atoms with van der Waals surface area (Å²) in [5, 5.41) is -0.248. The van der Waals surface area contributed by atoms with E-state index in [0.29, 0.717) is 5.75 Å². The second-order valence-corrected chi connectivity index (χ2v) is 8.72. The SMILES string of the molecule is CC(Oc1ccccc1)C(=O)N1CCN(S(=O)(=O)c2ccc(F)c(Cl)c2)CC1. The maximum absolute atomic E-state index is 13.3. The van der Waals surface area contributed by atoms with E-state index in [1.54, 1.807) is 24.0 Å². The summed E-state index contributed by atoms with van der Waals surface area (Å²) < 4.78 is 45.7. The Bertz CT molecular complexity index is 948. The van der Waals surface area contributed by atoms with E-state index < -0.39 is 21.9 Å². The molecule has 1 saturated heterocycles. The summed E-state index contributed by atoms with van der Waals surface area (Å²) in [7, 11) is -3.81. The minimum Gasteiger partial charge on any atom is -0.481 e. The van der Waals surface area contributed by atoms with Gasteiger partial charge in [-0.1, -0.05) is 29.8 Å². The van der Waals surface area contributed by atoms with Gasteiger partial charge in [-0.25, -0.2) is 12.8 Å². The van der Waals surface area contributed by atoms with Gasteiger partial charge in [-0.2, -0.15) is 4.31 Å². The fraction of sp³-hybridized carbons (Fsp3) is 0.316. The number of halogens is 2. The molecule has 2 aromatic rings. The van der Waals surface area contributed by atoms with E-state index in [1.807, 2.05) is 18.2 Å². The van der Waals surface area contributed by atoms with Gasteiger partial charge in [0.25, 0.3) is 5.91 Å². The molecule has 1 fully saturated rings. The van der Waals surface area contributed by atoms with Gasteiger partial charge in [0.05, 0.1) is 9.92 Å². The summed E-state index contributed by atoms with van der Waals surface area (Å²) in [4.78, 5) is 14.1. The average Bonchev–Trinajstić information content (AvgIpc) is 2.70. The quantitative estimate of drug-likeness (QED) is 0.737. The standard InChI is InChI=1S/C19H20ClFN2O4S/c1-14(27-15-5-3-2-4-6-15)19(24)22-9-11-23(12-10-22)28(25,26)16-7-8-18(21)17(20)13-16/h2-8,13-14H,9-12H2,1H3. The molecule has 0 aliphatic carbocycles. The van der Waals surface area contributed by atoms with Crippen LogP contribution in [0.3, 0.4) is 0 Å². The van der Waals surface area contributed by atoms with Crippen LogP contribution in [0.15, 0.2) is 53.4 Å². The molecule has 9 heteroatoms. The highest BCUT2D eigenvalue weighted by atomic mass is 35.5. The van der Waals surface area contributed by atoms with Crippen LogP contribution in [0.4, 0.5) is 4.39 Å². The van der Waals surface area contributed by atoms with Gasteiger partial charge in [-0.3, -0.25) is 4.79 Å². The van der Waals surface area contributed by atoms with Crippen molar-refractivity contribution < 1.29 is 22.3 Å². The summed E-state index contributed by atoms with van der Waals surface area (Å²) >= 11 is 5.70. The molecule has 0 spiro atoms. The van der Waals surface area contributed by atoms with Crippen LogP contribution in [0.2, 0.25) is 5.02 Å². The maximum Gasteiger partial charge on any atom is 0.263 e. The molecular formula is C19H20ClFN2O4S. The van der Waals surface area contributed by atoms with Crippen molar-refractivity contribution >= 4 is 27.5 Å². The number of carbonyl (C=O) groups is 1. The van der Waals surface area contributed by atoms with Crippen molar-refractivity contribution in [1.29, 1.82) is 0 Å². The molecule has 28 heavy (non-hydrogen) atoms. The van der Waals surface area contributed by atoms with Crippen molar-refractivity contribution in [3.63, 3.8) is 0 Å². The lowest BCUT2D eigenvalue weighted by atomic mass is 10.3. The maximum atomic E-state index is 13.3. The third-order valence-corrected chi connectivity index (χ3v) is 6.67. The molecular weight excluding hydrogens is 407 g/mol. The van der Waals surface area contributed by atoms with Crippen molar-refractivity contribution in [1.82, 2.24) is 9.21 Å². The minimum atomic E-state index is -3.81. The van der Waals surface area contributed by atoms with E-state index in [2.05, 4.69) is 0 Å². The highest BCUT2D eigenvalue weighted by molar-refractivity contribution is 7.89. The second kappa shape index (κ2) is 8.46. The molecule has 0 radical (unpaired) electrons. The second-order valence-electron chi connectivity index (χ2n) is 6.38. The monoisotopic (exact) mass is 426 g/mol. The number of piperazine rings is 1. The van der Waals surface area contributed by atoms with Gasteiger partial charge in [0.15, 0.2) is 6.10 Å². The number of carbonyl (C=O) groups excluding carboxylic acids is 1. The number of para-hydroxylation sites is 1. The van der Waals surface area contributed by atoms with Crippen LogP contribution in [0.1, 0.15) is 6.92 Å². The van der Waals surface area contributed by atoms with Gasteiger partial charge >= 0.3 is 0 Å². The predicted octanol–water partition coefficient (Wildman–Crippen LogP) is 2.78. The summed E-state index contributed by atoms with van der Waals surface area (Å²) in [6.07, 6.45) is -0.679. The largest absolute Gasteiger partial charge is 0.481 e. The Labute approximate surface area is 168 Å². The molecule has 1 heterocycles. The number of hydrogen-bond acceptors (Lipinski definition) is 4. The van der Waals surface area contributed by atoms with Crippen LogP contribution in [0.5, 0.6) is 5.75 Å². The number of ether oxygens (including phenoxy) is 1. The Balaban J connectivity index is 1.61. The molecule has 0 bridgehead atoms. The van der Waals surface area contributed by atoms with Gasteiger partial charge in [-0.15, -0.1) is 0 Å². The summed E-state index contributed by atoms with van der Waals surface area (Å²) in [5.41, 5.74) is 0. The van der Waals surface area contributed by atoms with Crippen LogP contribution in [-0.4, -0.2) is 55.8 Å². The molecule has 150 valence electrons. The van der Waals surface area contributed by atoms with Gasteiger partial charge in [0, 0.05) is 26.2 Å². The van der Waals surface area contributed by atoms with Gasteiger partial charge in [0.1, 0.15) is 11.6 Å². The highest BCUT2D eigenvalue weighted by Crippen LogP contribution is 2.23. The van der Waals surface area contributed by atoms with E-state index in [1.165, 1.54) is 10.4 Å². The Morgan fingerprint density at radius 3 is 2.36 bits per heavy atom. The molecule has 0 aromatic heterocycles. The molecule has 0 N–H and O–H groups in total. The zero-order chi connectivity index (χ0) is 20.3. The van der Waals surface area contributed by atoms with Crippen LogP contribution in [-0.2, 0) is 14.8 Å². The Kier molecular flexibility index (Phi) is 6.22. The third-order valence-electron chi connectivity index (χ3n) is 4.48. The van der Waals surface area contributed by atoms with E-state index in [-0.39, 0.29) is 42.0 Å². The zero-order valence-corrected chi connectivity index (χ0v) is 16.8. The highest BCUT2D eigenvalue weighted by Gasteiger charge is 2.32. The number of amides is 1. The number of rotatable bonds is 5. The lowest BCUT2D eigenvalue weighted by molar-refractivity contribution is -0.139. The van der Waals surface area contributed by atoms with E-state index in [9.17, 15) is 17.6 Å². The van der Waals surface area contributed by atoms with Crippen LogP contribution >= 0.6 is 11.6 Å². The Hall–Kier alpha value is -2.16. The predicted molar refractivity (Wildman–Crippen MR) is 103 cm³/mol. The minimum absolute atomic E-state index is 0.0699. The van der Waals surface area contributed by atoms with Crippen molar-refractivity contribution in [3.8, 4) is 5.75 Å². The molecule has 1 aliphatic rings. The first-order valence-electron chi connectivity index (χ1n) is 8.75. The van der Waals surface area contributed by atoms with E-state index in [4.69, 9.17) is 16.3 Å². The lowest BCUT2D eigenvalue weighted by Gasteiger charge is -2.35. The molecule has 1 aliphatic heterocycles. The zero-order valence-electron chi connectivity index (χ0n) is 15.2. The first-order chi connectivity index (χ1) is 13.3. The van der Waals surface area contributed by atoms with Gasteiger partial charge < -0.3 is 9.64 Å². The first-order valence-corrected chi connectivity index (χ1v) is 10.6. The van der Waals surface area contributed by atoms with Gasteiger partial charge in [0.2, 0.25) is 10.0 Å². The van der Waals surface area contributed by atoms with E-state index in [0.717, 1.165) is 12.1 Å². The van der Waals surface area contributed by atoms with Crippen LogP contribution in [0, 0.1) is 5.82 Å². The summed E-state index contributed by atoms with van der Waals surface area (Å²) in [6, 6.07) is 12.3. The summed E-state index contributed by atoms with van der Waals surface area (Å²) in [6.45, 7) is 2.44. The van der Waals surface area contributed by atoms with Crippen LogP contribution in [0.25, 0.3) is 0 Å². The number of benzene rings is 2. The molecule has 1 amide bonds. The lowest BCUT2D eigenvalue weighted by Crippen LogP contribution is -2.53. The third kappa shape index (κ3) is 4.45. The normalized spacial score (nSPS) is 16.6. The smallest absolute Gasteiger partial charge is 0.263 e. The summed E-state index contributed by atoms with van der Waals surface area (Å²) in [5.74, 6) is -0.285. The fourth-order valence-electron chi connectivity index (χ4n) is 2.95. The van der Waals surface area contributed by atoms with E-state index >= 15 is 0 Å².